The molecule has 7 heteroatoms. The molecule has 0 saturated carbocycles. The third kappa shape index (κ3) is 5.59. The largest absolute Gasteiger partial charge is 0.455 e. The maximum Gasteiger partial charge on any atom is 0.319 e. The lowest BCUT2D eigenvalue weighted by Gasteiger charge is -2.13. The van der Waals surface area contributed by atoms with E-state index in [0.29, 0.717) is 17.0 Å². The smallest absolute Gasteiger partial charge is 0.319 e. The fourth-order valence-corrected chi connectivity index (χ4v) is 2.54. The molecule has 3 aromatic rings. The molecular formula is C23H18FN3O3. The molecule has 3 amide bonds. The Morgan fingerprint density at radius 1 is 0.967 bits per heavy atom. The zero-order chi connectivity index (χ0) is 21.3. The van der Waals surface area contributed by atoms with Gasteiger partial charge in [-0.2, -0.15) is 0 Å². The standard InChI is InChI=1S/C23H18FN3O3/c1-2-16-8-6-9-17(14-16)26-21(28)15-25-23(29)27-22-19(24)12-7-13-20(22)30-18-10-4-3-5-11-18/h1,3-14H,15H2,(H,26,28)(H2,25,27,29). The molecule has 0 bridgehead atoms. The molecule has 150 valence electrons. The SMILES string of the molecule is C#Cc1cccc(NC(=O)CNC(=O)Nc2c(F)cccc2Oc2ccccc2)c1. The van der Waals surface area contributed by atoms with Crippen molar-refractivity contribution in [2.75, 3.05) is 17.2 Å². The van der Waals surface area contributed by atoms with Gasteiger partial charge in [0.05, 0.1) is 6.54 Å². The van der Waals surface area contributed by atoms with Gasteiger partial charge in [0.2, 0.25) is 5.91 Å². The zero-order valence-electron chi connectivity index (χ0n) is 15.8. The molecule has 0 fully saturated rings. The van der Waals surface area contributed by atoms with Crippen LogP contribution in [-0.2, 0) is 4.79 Å². The molecule has 3 rings (SSSR count). The molecule has 30 heavy (non-hydrogen) atoms. The van der Waals surface area contributed by atoms with Gasteiger partial charge in [-0.3, -0.25) is 4.79 Å². The first kappa shape index (κ1) is 20.4. The van der Waals surface area contributed by atoms with Gasteiger partial charge in [0.15, 0.2) is 11.6 Å². The Balaban J connectivity index is 1.59. The van der Waals surface area contributed by atoms with E-state index in [1.807, 2.05) is 6.07 Å². The molecule has 3 aromatic carbocycles. The number of anilines is 2. The highest BCUT2D eigenvalue weighted by molar-refractivity contribution is 5.97. The van der Waals surface area contributed by atoms with Crippen molar-refractivity contribution in [1.29, 1.82) is 0 Å². The van der Waals surface area contributed by atoms with Crippen molar-refractivity contribution in [3.63, 3.8) is 0 Å². The first-order valence-corrected chi connectivity index (χ1v) is 8.98. The summed E-state index contributed by atoms with van der Waals surface area (Å²) in [6.45, 7) is -0.324. The van der Waals surface area contributed by atoms with Crippen LogP contribution in [0.2, 0.25) is 0 Å². The second kappa shape index (κ2) is 9.75. The zero-order valence-corrected chi connectivity index (χ0v) is 15.8. The minimum Gasteiger partial charge on any atom is -0.455 e. The van der Waals surface area contributed by atoms with Gasteiger partial charge in [0, 0.05) is 11.3 Å². The lowest BCUT2D eigenvalue weighted by atomic mass is 10.2. The summed E-state index contributed by atoms with van der Waals surface area (Å²) in [6.07, 6.45) is 5.33. The number of hydrogen-bond acceptors (Lipinski definition) is 3. The summed E-state index contributed by atoms with van der Waals surface area (Å²) >= 11 is 0. The maximum absolute atomic E-state index is 14.3. The Morgan fingerprint density at radius 2 is 1.73 bits per heavy atom. The van der Waals surface area contributed by atoms with Crippen molar-refractivity contribution in [2.45, 2.75) is 0 Å². The Morgan fingerprint density at radius 3 is 2.50 bits per heavy atom. The van der Waals surface area contributed by atoms with Crippen molar-refractivity contribution in [3.05, 3.63) is 84.2 Å². The second-order valence-corrected chi connectivity index (χ2v) is 6.11. The van der Waals surface area contributed by atoms with E-state index < -0.39 is 17.8 Å². The number of rotatable bonds is 6. The van der Waals surface area contributed by atoms with Crippen LogP contribution in [0.3, 0.4) is 0 Å². The van der Waals surface area contributed by atoms with Gasteiger partial charge < -0.3 is 20.7 Å². The number of amides is 3. The van der Waals surface area contributed by atoms with Crippen molar-refractivity contribution in [3.8, 4) is 23.8 Å². The van der Waals surface area contributed by atoms with Gasteiger partial charge >= 0.3 is 6.03 Å². The number of benzene rings is 3. The molecule has 0 aliphatic heterocycles. The Bertz CT molecular complexity index is 1090. The number of terminal acetylenes is 1. The van der Waals surface area contributed by atoms with Gasteiger partial charge in [-0.15, -0.1) is 6.42 Å². The lowest BCUT2D eigenvalue weighted by molar-refractivity contribution is -0.115. The van der Waals surface area contributed by atoms with Crippen LogP contribution in [0.15, 0.2) is 72.8 Å². The highest BCUT2D eigenvalue weighted by Gasteiger charge is 2.14. The van der Waals surface area contributed by atoms with E-state index >= 15 is 0 Å². The topological polar surface area (TPSA) is 79.5 Å². The summed E-state index contributed by atoms with van der Waals surface area (Å²) in [5.41, 5.74) is 0.982. The Kier molecular flexibility index (Phi) is 6.64. The molecule has 0 radical (unpaired) electrons. The molecule has 0 unspecified atom stereocenters. The maximum atomic E-state index is 14.3. The third-order valence-corrected chi connectivity index (χ3v) is 3.91. The van der Waals surface area contributed by atoms with E-state index in [9.17, 15) is 14.0 Å². The van der Waals surface area contributed by atoms with Gasteiger partial charge in [-0.1, -0.05) is 36.3 Å². The van der Waals surface area contributed by atoms with E-state index in [1.54, 1.807) is 48.5 Å². The van der Waals surface area contributed by atoms with Gasteiger partial charge in [0.25, 0.3) is 0 Å². The van der Waals surface area contributed by atoms with Gasteiger partial charge in [0.1, 0.15) is 11.4 Å². The van der Waals surface area contributed by atoms with Gasteiger partial charge in [-0.05, 0) is 42.5 Å². The van der Waals surface area contributed by atoms with E-state index in [2.05, 4.69) is 21.9 Å². The molecule has 0 aromatic heterocycles. The van der Waals surface area contributed by atoms with Crippen LogP contribution in [-0.4, -0.2) is 18.5 Å². The molecule has 6 nitrogen and oxygen atoms in total. The molecular weight excluding hydrogens is 385 g/mol. The minimum absolute atomic E-state index is 0.131. The number of para-hydroxylation sites is 2. The number of hydrogen-bond donors (Lipinski definition) is 3. The number of ether oxygens (including phenoxy) is 1. The summed E-state index contributed by atoms with van der Waals surface area (Å²) in [5, 5.41) is 7.37. The molecule has 0 heterocycles. The monoisotopic (exact) mass is 403 g/mol. The van der Waals surface area contributed by atoms with Gasteiger partial charge in [-0.25, -0.2) is 9.18 Å². The molecule has 3 N–H and O–H groups in total. The minimum atomic E-state index is -0.759. The number of urea groups is 1. The van der Waals surface area contributed by atoms with Crippen molar-refractivity contribution >= 4 is 23.3 Å². The van der Waals surface area contributed by atoms with Crippen LogP contribution in [0.25, 0.3) is 0 Å². The predicted molar refractivity (Wildman–Crippen MR) is 113 cm³/mol. The first-order chi connectivity index (χ1) is 14.5. The van der Waals surface area contributed by atoms with Crippen LogP contribution >= 0.6 is 0 Å². The molecule has 0 aliphatic carbocycles. The summed E-state index contributed by atoms with van der Waals surface area (Å²) in [6, 6.07) is 18.9. The van der Waals surface area contributed by atoms with E-state index in [0.717, 1.165) is 0 Å². The average Bonchev–Trinajstić information content (AvgIpc) is 2.75. The van der Waals surface area contributed by atoms with Crippen molar-refractivity contribution < 1.29 is 18.7 Å². The van der Waals surface area contributed by atoms with Crippen LogP contribution < -0.4 is 20.7 Å². The van der Waals surface area contributed by atoms with Crippen molar-refractivity contribution in [2.24, 2.45) is 0 Å². The summed E-state index contributed by atoms with van der Waals surface area (Å²) in [4.78, 5) is 24.2. The molecule has 0 aliphatic rings. The van der Waals surface area contributed by atoms with Crippen molar-refractivity contribution in [1.82, 2.24) is 5.32 Å². The highest BCUT2D eigenvalue weighted by atomic mass is 19.1. The number of halogens is 1. The summed E-state index contributed by atoms with van der Waals surface area (Å²) in [5.74, 6) is 1.95. The Hall–Kier alpha value is -4.31. The predicted octanol–water partition coefficient (Wildman–Crippen LogP) is 4.36. The molecule has 0 atom stereocenters. The number of nitrogens with one attached hydrogen (secondary N) is 3. The summed E-state index contributed by atoms with van der Waals surface area (Å²) in [7, 11) is 0. The fraction of sp³-hybridized carbons (Fsp3) is 0.0435. The van der Waals surface area contributed by atoms with Crippen LogP contribution in [0.4, 0.5) is 20.6 Å². The second-order valence-electron chi connectivity index (χ2n) is 6.11. The lowest BCUT2D eigenvalue weighted by Crippen LogP contribution is -2.36. The fourth-order valence-electron chi connectivity index (χ4n) is 2.54. The average molecular weight is 403 g/mol. The molecule has 0 saturated heterocycles. The first-order valence-electron chi connectivity index (χ1n) is 8.98. The normalized spacial score (nSPS) is 9.87. The van der Waals surface area contributed by atoms with E-state index in [1.165, 1.54) is 18.2 Å². The number of carbonyl (C=O) groups is 2. The molecule has 0 spiro atoms. The third-order valence-electron chi connectivity index (χ3n) is 3.91. The summed E-state index contributed by atoms with van der Waals surface area (Å²) < 4.78 is 19.9. The number of carbonyl (C=O) groups excluding carboxylic acids is 2. The quantitative estimate of drug-likeness (QED) is 0.535. The van der Waals surface area contributed by atoms with Crippen LogP contribution in [0.1, 0.15) is 5.56 Å². The Labute approximate surface area is 173 Å². The highest BCUT2D eigenvalue weighted by Crippen LogP contribution is 2.31. The van der Waals surface area contributed by atoms with E-state index in [-0.39, 0.29) is 18.0 Å². The van der Waals surface area contributed by atoms with Crippen LogP contribution in [0.5, 0.6) is 11.5 Å². The van der Waals surface area contributed by atoms with Crippen LogP contribution in [0, 0.1) is 18.2 Å². The van der Waals surface area contributed by atoms with E-state index in [4.69, 9.17) is 11.2 Å².